The molecule has 6 nitrogen and oxygen atoms in total. The molecule has 23 heavy (non-hydrogen) atoms. The highest BCUT2D eigenvalue weighted by molar-refractivity contribution is 7.91. The van der Waals surface area contributed by atoms with Crippen molar-refractivity contribution in [1.29, 1.82) is 0 Å². The van der Waals surface area contributed by atoms with Gasteiger partial charge in [0.15, 0.2) is 9.84 Å². The van der Waals surface area contributed by atoms with Crippen LogP contribution in [-0.2, 0) is 19.4 Å². The lowest BCUT2D eigenvalue weighted by molar-refractivity contribution is -0.120. The molecule has 0 spiro atoms. The molecule has 0 bridgehead atoms. The van der Waals surface area contributed by atoms with Gasteiger partial charge in [-0.25, -0.2) is 8.42 Å². The maximum Gasteiger partial charge on any atom is 0.221 e. The maximum atomic E-state index is 12.1. The molecule has 7 heteroatoms. The number of nitrogens with one attached hydrogen (secondary N) is 1. The Balaban J connectivity index is 1.63. The molecule has 0 saturated carbocycles. The van der Waals surface area contributed by atoms with Crippen LogP contribution in [0.25, 0.3) is 0 Å². The fourth-order valence-corrected chi connectivity index (χ4v) is 3.68. The molecule has 1 heterocycles. The van der Waals surface area contributed by atoms with E-state index in [9.17, 15) is 13.2 Å². The number of rotatable bonds is 8. The minimum absolute atomic E-state index is 0.00518. The van der Waals surface area contributed by atoms with Gasteiger partial charge in [-0.05, 0) is 25.1 Å². The molecule has 0 aromatic heterocycles. The van der Waals surface area contributed by atoms with E-state index in [1.807, 2.05) is 0 Å². The average molecular weight is 340 g/mol. The molecular formula is C16H24N2O4S. The molecule has 0 aliphatic carbocycles. The van der Waals surface area contributed by atoms with Gasteiger partial charge < -0.3 is 10.1 Å². The summed E-state index contributed by atoms with van der Waals surface area (Å²) < 4.78 is 29.4. The summed E-state index contributed by atoms with van der Waals surface area (Å²) in [5, 5.41) is 2.78. The van der Waals surface area contributed by atoms with Gasteiger partial charge in [-0.2, -0.15) is 0 Å². The van der Waals surface area contributed by atoms with Gasteiger partial charge >= 0.3 is 0 Å². The monoisotopic (exact) mass is 340 g/mol. The third-order valence-corrected chi connectivity index (χ3v) is 5.51. The molecule has 1 N–H and O–H groups in total. The van der Waals surface area contributed by atoms with Gasteiger partial charge in [-0.3, -0.25) is 9.69 Å². The first-order valence-corrected chi connectivity index (χ1v) is 9.58. The third kappa shape index (κ3) is 6.29. The van der Waals surface area contributed by atoms with E-state index in [0.29, 0.717) is 6.54 Å². The van der Waals surface area contributed by atoms with Crippen molar-refractivity contribution < 1.29 is 17.9 Å². The molecule has 1 aromatic carbocycles. The zero-order valence-corrected chi connectivity index (χ0v) is 14.1. The van der Waals surface area contributed by atoms with E-state index in [1.165, 1.54) is 0 Å². The van der Waals surface area contributed by atoms with E-state index in [2.05, 4.69) is 10.2 Å². The molecule has 0 atom stereocenters. The zero-order chi connectivity index (χ0) is 16.5. The van der Waals surface area contributed by atoms with E-state index < -0.39 is 9.84 Å². The van der Waals surface area contributed by atoms with Crippen LogP contribution in [0.3, 0.4) is 0 Å². The highest BCUT2D eigenvalue weighted by atomic mass is 32.2. The first-order chi connectivity index (χ1) is 11.1. The molecule has 1 aliphatic rings. The van der Waals surface area contributed by atoms with E-state index >= 15 is 0 Å². The normalized spacial score (nSPS) is 16.2. The summed E-state index contributed by atoms with van der Waals surface area (Å²) in [6, 6.07) is 8.22. The lowest BCUT2D eigenvalue weighted by Gasteiger charge is -2.26. The van der Waals surface area contributed by atoms with Gasteiger partial charge in [0.2, 0.25) is 5.91 Å². The lowest BCUT2D eigenvalue weighted by atomic mass is 10.3. The summed E-state index contributed by atoms with van der Waals surface area (Å²) in [5.41, 5.74) is 0. The van der Waals surface area contributed by atoms with E-state index in [-0.39, 0.29) is 23.0 Å². The minimum atomic E-state index is -3.39. The summed E-state index contributed by atoms with van der Waals surface area (Å²) >= 11 is 0. The van der Waals surface area contributed by atoms with E-state index in [4.69, 9.17) is 4.74 Å². The first-order valence-electron chi connectivity index (χ1n) is 7.92. The van der Waals surface area contributed by atoms with Gasteiger partial charge in [-0.1, -0.05) is 18.2 Å². The Labute approximate surface area is 137 Å². The first kappa shape index (κ1) is 17.9. The van der Waals surface area contributed by atoms with Gasteiger partial charge in [0.05, 0.1) is 23.9 Å². The second kappa shape index (κ2) is 9.00. The molecule has 1 aromatic rings. The minimum Gasteiger partial charge on any atom is -0.379 e. The number of hydrogen-bond donors (Lipinski definition) is 1. The van der Waals surface area contributed by atoms with Gasteiger partial charge in [0.1, 0.15) is 0 Å². The number of carbonyl (C=O) groups excluding carboxylic acids is 1. The third-order valence-electron chi connectivity index (χ3n) is 3.78. The number of morpholine rings is 1. The van der Waals surface area contributed by atoms with Crippen LogP contribution >= 0.6 is 0 Å². The summed E-state index contributed by atoms with van der Waals surface area (Å²) in [6.45, 7) is 4.90. The van der Waals surface area contributed by atoms with E-state index in [0.717, 1.165) is 39.3 Å². The number of benzene rings is 1. The van der Waals surface area contributed by atoms with Crippen LogP contribution in [0.5, 0.6) is 0 Å². The van der Waals surface area contributed by atoms with Crippen molar-refractivity contribution in [2.75, 3.05) is 45.1 Å². The van der Waals surface area contributed by atoms with Gasteiger partial charge in [-0.15, -0.1) is 0 Å². The van der Waals surface area contributed by atoms with E-state index in [1.54, 1.807) is 30.3 Å². The molecular weight excluding hydrogens is 316 g/mol. The number of carbonyl (C=O) groups is 1. The smallest absolute Gasteiger partial charge is 0.221 e. The standard InChI is InChI=1S/C16H24N2O4S/c19-16(17-8-4-9-18-10-12-22-13-11-18)7-14-23(20,21)15-5-2-1-3-6-15/h1-3,5-6H,4,7-14H2,(H,17,19). The highest BCUT2D eigenvalue weighted by Gasteiger charge is 2.16. The average Bonchev–Trinajstić information content (AvgIpc) is 2.59. The maximum absolute atomic E-state index is 12.1. The Morgan fingerprint density at radius 1 is 1.17 bits per heavy atom. The quantitative estimate of drug-likeness (QED) is 0.705. The molecule has 1 saturated heterocycles. The van der Waals surface area contributed by atoms with Crippen LogP contribution in [0, 0.1) is 0 Å². The van der Waals surface area contributed by atoms with Crippen molar-refractivity contribution >= 4 is 15.7 Å². The van der Waals surface area contributed by atoms with Crippen molar-refractivity contribution in [3.8, 4) is 0 Å². The van der Waals surface area contributed by atoms with Gasteiger partial charge in [0.25, 0.3) is 0 Å². The predicted octanol–water partition coefficient (Wildman–Crippen LogP) is 0.689. The van der Waals surface area contributed by atoms with Crippen molar-refractivity contribution in [3.05, 3.63) is 30.3 Å². The van der Waals surface area contributed by atoms with Gasteiger partial charge in [0, 0.05) is 26.1 Å². The van der Waals surface area contributed by atoms with Crippen LogP contribution in [-0.4, -0.2) is 64.4 Å². The zero-order valence-electron chi connectivity index (χ0n) is 13.2. The summed E-state index contributed by atoms with van der Waals surface area (Å²) in [7, 11) is -3.39. The Morgan fingerprint density at radius 2 is 1.87 bits per heavy atom. The molecule has 1 aliphatic heterocycles. The fourth-order valence-electron chi connectivity index (χ4n) is 2.42. The van der Waals surface area contributed by atoms with Crippen molar-refractivity contribution in [2.45, 2.75) is 17.7 Å². The van der Waals surface area contributed by atoms with Crippen LogP contribution in [0.1, 0.15) is 12.8 Å². The molecule has 0 unspecified atom stereocenters. The number of ether oxygens (including phenoxy) is 1. The van der Waals surface area contributed by atoms with Crippen molar-refractivity contribution in [2.24, 2.45) is 0 Å². The number of sulfone groups is 1. The van der Waals surface area contributed by atoms with Crippen LogP contribution in [0.4, 0.5) is 0 Å². The molecule has 1 amide bonds. The molecule has 1 fully saturated rings. The Kier molecular flexibility index (Phi) is 7.01. The second-order valence-electron chi connectivity index (χ2n) is 5.54. The highest BCUT2D eigenvalue weighted by Crippen LogP contribution is 2.10. The largest absolute Gasteiger partial charge is 0.379 e. The fraction of sp³-hybridized carbons (Fsp3) is 0.562. The predicted molar refractivity (Wildman–Crippen MR) is 88.0 cm³/mol. The lowest BCUT2D eigenvalue weighted by Crippen LogP contribution is -2.38. The van der Waals surface area contributed by atoms with Crippen LogP contribution < -0.4 is 5.32 Å². The Hall–Kier alpha value is -1.44. The number of nitrogens with zero attached hydrogens (tertiary/aromatic N) is 1. The number of hydrogen-bond acceptors (Lipinski definition) is 5. The summed E-state index contributed by atoms with van der Waals surface area (Å²) in [4.78, 5) is 14.3. The number of amides is 1. The summed E-state index contributed by atoms with van der Waals surface area (Å²) in [5.74, 6) is -0.377. The topological polar surface area (TPSA) is 75.7 Å². The Bertz CT molecular complexity index is 583. The van der Waals surface area contributed by atoms with Crippen molar-refractivity contribution in [3.63, 3.8) is 0 Å². The van der Waals surface area contributed by atoms with Crippen molar-refractivity contribution in [1.82, 2.24) is 10.2 Å². The molecule has 128 valence electrons. The molecule has 0 radical (unpaired) electrons. The molecule has 2 rings (SSSR count). The summed E-state index contributed by atoms with van der Waals surface area (Å²) in [6.07, 6.45) is 0.853. The Morgan fingerprint density at radius 3 is 2.57 bits per heavy atom. The van der Waals surface area contributed by atoms with Crippen LogP contribution in [0.2, 0.25) is 0 Å². The second-order valence-corrected chi connectivity index (χ2v) is 7.65. The van der Waals surface area contributed by atoms with Crippen LogP contribution in [0.15, 0.2) is 35.2 Å². The SMILES string of the molecule is O=C(CCS(=O)(=O)c1ccccc1)NCCCN1CCOCC1.